The van der Waals surface area contributed by atoms with E-state index in [0.29, 0.717) is 18.2 Å². The SMILES string of the molecule is C[C@@H]1C[C@@H]1C(=O)OCC(=O)Nc1ccc(OCc2ccccc2)cc1. The van der Waals surface area contributed by atoms with Crippen LogP contribution in [0.5, 0.6) is 5.75 Å². The van der Waals surface area contributed by atoms with E-state index < -0.39 is 0 Å². The highest BCUT2D eigenvalue weighted by atomic mass is 16.5. The van der Waals surface area contributed by atoms with E-state index in [-0.39, 0.29) is 24.4 Å². The van der Waals surface area contributed by atoms with Crippen LogP contribution < -0.4 is 10.1 Å². The number of hydrogen-bond acceptors (Lipinski definition) is 4. The van der Waals surface area contributed by atoms with Crippen LogP contribution in [0.2, 0.25) is 0 Å². The summed E-state index contributed by atoms with van der Waals surface area (Å²) in [6.45, 7) is 2.23. The summed E-state index contributed by atoms with van der Waals surface area (Å²) in [4.78, 5) is 23.4. The minimum Gasteiger partial charge on any atom is -0.489 e. The topological polar surface area (TPSA) is 64.6 Å². The van der Waals surface area contributed by atoms with E-state index in [2.05, 4.69) is 5.32 Å². The molecule has 1 N–H and O–H groups in total. The van der Waals surface area contributed by atoms with Crippen molar-refractivity contribution in [3.8, 4) is 5.75 Å². The molecule has 2 aromatic rings. The summed E-state index contributed by atoms with van der Waals surface area (Å²) in [5.41, 5.74) is 1.72. The molecule has 0 unspecified atom stereocenters. The Kier molecular flexibility index (Phi) is 5.33. The molecule has 0 bridgehead atoms. The van der Waals surface area contributed by atoms with Crippen LogP contribution in [0.25, 0.3) is 0 Å². The van der Waals surface area contributed by atoms with Crippen LogP contribution >= 0.6 is 0 Å². The maximum absolute atomic E-state index is 11.8. The summed E-state index contributed by atoms with van der Waals surface area (Å²) in [7, 11) is 0. The molecule has 2 atom stereocenters. The van der Waals surface area contributed by atoms with E-state index in [1.54, 1.807) is 24.3 Å². The Bertz CT molecular complexity index is 727. The fraction of sp³-hybridized carbons (Fsp3) is 0.300. The van der Waals surface area contributed by atoms with Gasteiger partial charge in [0, 0.05) is 5.69 Å². The molecular weight excluding hydrogens is 318 g/mol. The lowest BCUT2D eigenvalue weighted by Gasteiger charge is -2.09. The zero-order valence-electron chi connectivity index (χ0n) is 14.1. The molecule has 5 nitrogen and oxygen atoms in total. The molecule has 2 aromatic carbocycles. The second kappa shape index (κ2) is 7.83. The van der Waals surface area contributed by atoms with Crippen LogP contribution in [0.15, 0.2) is 54.6 Å². The Morgan fingerprint density at radius 1 is 1.08 bits per heavy atom. The third kappa shape index (κ3) is 5.08. The van der Waals surface area contributed by atoms with Crippen LogP contribution in [-0.4, -0.2) is 18.5 Å². The van der Waals surface area contributed by atoms with Gasteiger partial charge in [0.25, 0.3) is 5.91 Å². The molecule has 1 fully saturated rings. The number of nitrogens with one attached hydrogen (secondary N) is 1. The average Bonchev–Trinajstić information content (AvgIpc) is 3.37. The zero-order valence-corrected chi connectivity index (χ0v) is 14.1. The molecule has 0 saturated heterocycles. The fourth-order valence-corrected chi connectivity index (χ4v) is 2.47. The molecule has 1 aliphatic rings. The van der Waals surface area contributed by atoms with E-state index in [9.17, 15) is 9.59 Å². The van der Waals surface area contributed by atoms with Gasteiger partial charge >= 0.3 is 5.97 Å². The number of anilines is 1. The number of carbonyl (C=O) groups excluding carboxylic acids is 2. The standard InChI is InChI=1S/C20H21NO4/c1-14-11-18(14)20(23)25-13-19(22)21-16-7-9-17(10-8-16)24-12-15-5-3-2-4-6-15/h2-10,14,18H,11-13H2,1H3,(H,21,22)/t14-,18+/m1/s1. The number of esters is 1. The number of carbonyl (C=O) groups is 2. The Morgan fingerprint density at radius 2 is 1.76 bits per heavy atom. The van der Waals surface area contributed by atoms with Gasteiger partial charge in [-0.05, 0) is 42.2 Å². The van der Waals surface area contributed by atoms with Crippen molar-refractivity contribution in [2.24, 2.45) is 11.8 Å². The summed E-state index contributed by atoms with van der Waals surface area (Å²) >= 11 is 0. The summed E-state index contributed by atoms with van der Waals surface area (Å²) in [6, 6.07) is 17.0. The van der Waals surface area contributed by atoms with E-state index in [1.807, 2.05) is 37.3 Å². The molecule has 1 saturated carbocycles. The van der Waals surface area contributed by atoms with Gasteiger partial charge in [-0.2, -0.15) is 0 Å². The minimum absolute atomic E-state index is 0.0335. The minimum atomic E-state index is -0.348. The third-order valence-corrected chi connectivity index (χ3v) is 4.14. The number of amides is 1. The molecule has 0 aromatic heterocycles. The first-order chi connectivity index (χ1) is 12.1. The number of ether oxygens (including phenoxy) is 2. The largest absolute Gasteiger partial charge is 0.489 e. The fourth-order valence-electron chi connectivity index (χ4n) is 2.47. The first-order valence-electron chi connectivity index (χ1n) is 8.35. The molecule has 3 rings (SSSR count). The Hall–Kier alpha value is -2.82. The van der Waals surface area contributed by atoms with E-state index in [4.69, 9.17) is 9.47 Å². The van der Waals surface area contributed by atoms with Crippen molar-refractivity contribution in [2.45, 2.75) is 20.0 Å². The van der Waals surface area contributed by atoms with Gasteiger partial charge in [-0.3, -0.25) is 9.59 Å². The van der Waals surface area contributed by atoms with Crippen LogP contribution in [0.1, 0.15) is 18.9 Å². The summed E-state index contributed by atoms with van der Waals surface area (Å²) < 4.78 is 10.7. The van der Waals surface area contributed by atoms with Crippen molar-refractivity contribution in [3.05, 3.63) is 60.2 Å². The zero-order chi connectivity index (χ0) is 17.6. The maximum Gasteiger partial charge on any atom is 0.309 e. The van der Waals surface area contributed by atoms with Gasteiger partial charge in [-0.1, -0.05) is 37.3 Å². The molecule has 0 spiro atoms. The van der Waals surface area contributed by atoms with Gasteiger partial charge < -0.3 is 14.8 Å². The van der Waals surface area contributed by atoms with Crippen molar-refractivity contribution >= 4 is 17.6 Å². The molecule has 0 aliphatic heterocycles. The average molecular weight is 339 g/mol. The van der Waals surface area contributed by atoms with E-state index in [1.165, 1.54) is 0 Å². The Morgan fingerprint density at radius 3 is 2.40 bits per heavy atom. The van der Waals surface area contributed by atoms with Crippen molar-refractivity contribution < 1.29 is 19.1 Å². The number of rotatable bonds is 7. The Balaban J connectivity index is 1.42. The lowest BCUT2D eigenvalue weighted by molar-refractivity contribution is -0.148. The molecule has 0 radical (unpaired) electrons. The molecule has 130 valence electrons. The van der Waals surface area contributed by atoms with Gasteiger partial charge in [-0.25, -0.2) is 0 Å². The van der Waals surface area contributed by atoms with Crippen LogP contribution in [0.4, 0.5) is 5.69 Å². The summed E-state index contributed by atoms with van der Waals surface area (Å²) in [5.74, 6) is 0.427. The summed E-state index contributed by atoms with van der Waals surface area (Å²) in [5, 5.41) is 2.70. The number of benzene rings is 2. The van der Waals surface area contributed by atoms with Crippen LogP contribution in [0.3, 0.4) is 0 Å². The third-order valence-electron chi connectivity index (χ3n) is 4.14. The molecule has 5 heteroatoms. The van der Waals surface area contributed by atoms with Crippen molar-refractivity contribution in [2.75, 3.05) is 11.9 Å². The van der Waals surface area contributed by atoms with E-state index >= 15 is 0 Å². The first-order valence-corrected chi connectivity index (χ1v) is 8.35. The monoisotopic (exact) mass is 339 g/mol. The predicted octanol–water partition coefficient (Wildman–Crippen LogP) is 3.40. The quantitative estimate of drug-likeness (QED) is 0.785. The van der Waals surface area contributed by atoms with Crippen molar-refractivity contribution in [1.82, 2.24) is 0 Å². The first kappa shape index (κ1) is 17.0. The van der Waals surface area contributed by atoms with E-state index in [0.717, 1.165) is 17.7 Å². The van der Waals surface area contributed by atoms with Gasteiger partial charge in [0.2, 0.25) is 0 Å². The summed E-state index contributed by atoms with van der Waals surface area (Å²) in [6.07, 6.45) is 0.852. The van der Waals surface area contributed by atoms with Crippen molar-refractivity contribution in [3.63, 3.8) is 0 Å². The molecule has 1 aliphatic carbocycles. The maximum atomic E-state index is 11.8. The van der Waals surface area contributed by atoms with Gasteiger partial charge in [-0.15, -0.1) is 0 Å². The Labute approximate surface area is 147 Å². The molecule has 25 heavy (non-hydrogen) atoms. The lowest BCUT2D eigenvalue weighted by Crippen LogP contribution is -2.21. The van der Waals surface area contributed by atoms with Gasteiger partial charge in [0.05, 0.1) is 5.92 Å². The normalized spacial score (nSPS) is 18.3. The molecular formula is C20H21NO4. The highest BCUT2D eigenvalue weighted by Crippen LogP contribution is 2.38. The second-order valence-corrected chi connectivity index (χ2v) is 6.27. The van der Waals surface area contributed by atoms with Crippen LogP contribution in [0, 0.1) is 11.8 Å². The lowest BCUT2D eigenvalue weighted by atomic mass is 10.2. The van der Waals surface area contributed by atoms with Gasteiger partial charge in [0.15, 0.2) is 6.61 Å². The predicted molar refractivity (Wildman–Crippen MR) is 94.1 cm³/mol. The number of hydrogen-bond donors (Lipinski definition) is 1. The molecule has 0 heterocycles. The smallest absolute Gasteiger partial charge is 0.309 e. The molecule has 1 amide bonds. The highest BCUT2D eigenvalue weighted by Gasteiger charge is 2.40. The van der Waals surface area contributed by atoms with Crippen LogP contribution in [-0.2, 0) is 20.9 Å². The van der Waals surface area contributed by atoms with Gasteiger partial charge in [0.1, 0.15) is 12.4 Å². The highest BCUT2D eigenvalue weighted by molar-refractivity contribution is 5.93. The van der Waals surface area contributed by atoms with Crippen molar-refractivity contribution in [1.29, 1.82) is 0 Å². The second-order valence-electron chi connectivity index (χ2n) is 6.27.